The lowest BCUT2D eigenvalue weighted by Gasteiger charge is -2.36. The van der Waals surface area contributed by atoms with E-state index in [0.717, 1.165) is 5.56 Å². The first kappa shape index (κ1) is 17.7. The zero-order chi connectivity index (χ0) is 18.8. The molecule has 1 fully saturated rings. The van der Waals surface area contributed by atoms with Gasteiger partial charge in [0.2, 0.25) is 0 Å². The summed E-state index contributed by atoms with van der Waals surface area (Å²) in [6.07, 6.45) is 3.30. The van der Waals surface area contributed by atoms with Crippen LogP contribution in [0.3, 0.4) is 0 Å². The van der Waals surface area contributed by atoms with E-state index in [-0.39, 0.29) is 17.8 Å². The van der Waals surface area contributed by atoms with Crippen LogP contribution in [0.2, 0.25) is 0 Å². The first-order valence-corrected chi connectivity index (χ1v) is 9.47. The third-order valence-corrected chi connectivity index (χ3v) is 5.63. The van der Waals surface area contributed by atoms with Crippen LogP contribution < -0.4 is 5.32 Å². The third kappa shape index (κ3) is 3.58. The molecule has 1 aliphatic heterocycles. The third-order valence-electron chi connectivity index (χ3n) is 4.49. The fourth-order valence-electron chi connectivity index (χ4n) is 3.19. The molecule has 1 atom stereocenters. The summed E-state index contributed by atoms with van der Waals surface area (Å²) in [5.74, 6) is 0.109. The highest BCUT2D eigenvalue weighted by Gasteiger charge is 2.31. The quantitative estimate of drug-likeness (QED) is 0.753. The Labute approximate surface area is 160 Å². The lowest BCUT2D eigenvalue weighted by molar-refractivity contribution is 0.0638. The van der Waals surface area contributed by atoms with Crippen LogP contribution in [0.1, 0.15) is 27.0 Å². The molecule has 1 unspecified atom stereocenters. The van der Waals surface area contributed by atoms with E-state index in [9.17, 15) is 9.18 Å². The number of rotatable bonds is 3. The van der Waals surface area contributed by atoms with Crippen molar-refractivity contribution in [3.8, 4) is 10.8 Å². The van der Waals surface area contributed by atoms with E-state index >= 15 is 0 Å². The van der Waals surface area contributed by atoms with Crippen molar-refractivity contribution in [3.63, 3.8) is 0 Å². The van der Waals surface area contributed by atoms with E-state index in [1.165, 1.54) is 23.5 Å². The second-order valence-electron chi connectivity index (χ2n) is 6.28. The average molecular weight is 383 g/mol. The fraction of sp³-hybridized carbons (Fsp3) is 0.263. The van der Waals surface area contributed by atoms with Crippen LogP contribution in [-0.2, 0) is 0 Å². The van der Waals surface area contributed by atoms with Crippen LogP contribution in [0.25, 0.3) is 10.8 Å². The summed E-state index contributed by atoms with van der Waals surface area (Å²) in [5, 5.41) is 3.91. The highest BCUT2D eigenvalue weighted by molar-refractivity contribution is 7.17. The summed E-state index contributed by atoms with van der Waals surface area (Å²) in [6, 6.07) is 7.93. The molecule has 2 aromatic heterocycles. The minimum Gasteiger partial charge on any atom is -0.328 e. The van der Waals surface area contributed by atoms with Crippen molar-refractivity contribution < 1.29 is 9.18 Å². The number of benzene rings is 1. The number of halogens is 1. The number of hydrogen-bond donors (Lipinski definition) is 1. The van der Waals surface area contributed by atoms with Crippen molar-refractivity contribution in [2.75, 3.05) is 19.6 Å². The van der Waals surface area contributed by atoms with Gasteiger partial charge >= 0.3 is 0 Å². The SMILES string of the molecule is Cc1nc(-c2ncccn2)sc1C(=O)N1CCNCC1c1cccc(F)c1. The predicted octanol–water partition coefficient (Wildman–Crippen LogP) is 2.83. The van der Waals surface area contributed by atoms with Gasteiger partial charge in [0.05, 0.1) is 11.7 Å². The number of nitrogens with zero attached hydrogens (tertiary/aromatic N) is 4. The highest BCUT2D eigenvalue weighted by atomic mass is 32.1. The largest absolute Gasteiger partial charge is 0.328 e. The zero-order valence-corrected chi connectivity index (χ0v) is 15.5. The summed E-state index contributed by atoms with van der Waals surface area (Å²) in [7, 11) is 0. The molecule has 1 aliphatic rings. The van der Waals surface area contributed by atoms with E-state index in [4.69, 9.17) is 0 Å². The Kier molecular flexibility index (Phi) is 4.91. The number of aryl methyl sites for hydroxylation is 1. The van der Waals surface area contributed by atoms with E-state index in [1.54, 1.807) is 29.4 Å². The standard InChI is InChI=1S/C19H18FN5OS/c1-12-16(27-18(24-12)17-22-6-3-7-23-17)19(26)25-9-8-21-11-15(25)13-4-2-5-14(20)10-13/h2-7,10,15,21H,8-9,11H2,1H3. The van der Waals surface area contributed by atoms with Crippen LogP contribution in [0.5, 0.6) is 0 Å². The van der Waals surface area contributed by atoms with Crippen LogP contribution in [0, 0.1) is 12.7 Å². The molecule has 1 N–H and O–H groups in total. The van der Waals surface area contributed by atoms with E-state index in [1.807, 2.05) is 13.0 Å². The van der Waals surface area contributed by atoms with Gasteiger partial charge in [-0.25, -0.2) is 19.3 Å². The fourth-order valence-corrected chi connectivity index (χ4v) is 4.16. The van der Waals surface area contributed by atoms with Crippen molar-refractivity contribution in [2.24, 2.45) is 0 Å². The Bertz CT molecular complexity index is 962. The van der Waals surface area contributed by atoms with Crippen molar-refractivity contribution in [2.45, 2.75) is 13.0 Å². The molecule has 8 heteroatoms. The molecule has 1 aromatic carbocycles. The van der Waals surface area contributed by atoms with Gasteiger partial charge in [0, 0.05) is 32.0 Å². The van der Waals surface area contributed by atoms with Gasteiger partial charge in [-0.05, 0) is 30.7 Å². The first-order chi connectivity index (χ1) is 13.1. The Hall–Kier alpha value is -2.71. The van der Waals surface area contributed by atoms with Gasteiger partial charge in [-0.1, -0.05) is 12.1 Å². The van der Waals surface area contributed by atoms with Crippen molar-refractivity contribution >= 4 is 17.2 Å². The van der Waals surface area contributed by atoms with Gasteiger partial charge < -0.3 is 10.2 Å². The molecule has 0 radical (unpaired) electrons. The molecule has 27 heavy (non-hydrogen) atoms. The smallest absolute Gasteiger partial charge is 0.266 e. The van der Waals surface area contributed by atoms with Crippen LogP contribution >= 0.6 is 11.3 Å². The summed E-state index contributed by atoms with van der Waals surface area (Å²) < 4.78 is 13.7. The molecule has 0 saturated carbocycles. The van der Waals surface area contributed by atoms with Crippen molar-refractivity contribution in [3.05, 3.63) is 64.7 Å². The van der Waals surface area contributed by atoms with E-state index < -0.39 is 0 Å². The van der Waals surface area contributed by atoms with Gasteiger partial charge in [-0.15, -0.1) is 11.3 Å². The van der Waals surface area contributed by atoms with Gasteiger partial charge in [-0.3, -0.25) is 4.79 Å². The maximum atomic E-state index is 13.7. The normalized spacial score (nSPS) is 17.1. The number of aromatic nitrogens is 3. The molecule has 4 rings (SSSR count). The maximum absolute atomic E-state index is 13.7. The number of hydrogen-bond acceptors (Lipinski definition) is 6. The summed E-state index contributed by atoms with van der Waals surface area (Å²) in [4.78, 5) is 28.5. The molecule has 0 bridgehead atoms. The van der Waals surface area contributed by atoms with Crippen LogP contribution in [0.15, 0.2) is 42.7 Å². The number of amides is 1. The van der Waals surface area contributed by atoms with Crippen LogP contribution in [-0.4, -0.2) is 45.4 Å². The topological polar surface area (TPSA) is 71.0 Å². The van der Waals surface area contributed by atoms with Crippen LogP contribution in [0.4, 0.5) is 4.39 Å². The van der Waals surface area contributed by atoms with Gasteiger partial charge in [-0.2, -0.15) is 0 Å². The van der Waals surface area contributed by atoms with E-state index in [2.05, 4.69) is 20.3 Å². The molecule has 138 valence electrons. The molecule has 6 nitrogen and oxygen atoms in total. The number of thiazole rings is 1. The highest BCUT2D eigenvalue weighted by Crippen LogP contribution is 2.30. The molecule has 3 heterocycles. The molecule has 3 aromatic rings. The second-order valence-corrected chi connectivity index (χ2v) is 7.28. The zero-order valence-electron chi connectivity index (χ0n) is 14.7. The number of piperazine rings is 1. The van der Waals surface area contributed by atoms with Gasteiger partial charge in [0.1, 0.15) is 10.7 Å². The monoisotopic (exact) mass is 383 g/mol. The van der Waals surface area contributed by atoms with Gasteiger partial charge in [0.15, 0.2) is 10.8 Å². The number of nitrogens with one attached hydrogen (secondary N) is 1. The molecule has 0 aliphatic carbocycles. The Morgan fingerprint density at radius 3 is 2.89 bits per heavy atom. The summed E-state index contributed by atoms with van der Waals surface area (Å²) in [6.45, 7) is 3.65. The summed E-state index contributed by atoms with van der Waals surface area (Å²) >= 11 is 1.29. The number of carbonyl (C=O) groups excluding carboxylic acids is 1. The predicted molar refractivity (Wildman–Crippen MR) is 101 cm³/mol. The maximum Gasteiger partial charge on any atom is 0.266 e. The minimum atomic E-state index is -0.303. The van der Waals surface area contributed by atoms with Crippen molar-refractivity contribution in [1.29, 1.82) is 0 Å². The lowest BCUT2D eigenvalue weighted by atomic mass is 10.0. The Morgan fingerprint density at radius 1 is 1.30 bits per heavy atom. The first-order valence-electron chi connectivity index (χ1n) is 8.65. The van der Waals surface area contributed by atoms with Gasteiger partial charge in [0.25, 0.3) is 5.91 Å². The molecular weight excluding hydrogens is 365 g/mol. The van der Waals surface area contributed by atoms with Crippen molar-refractivity contribution in [1.82, 2.24) is 25.2 Å². The molecule has 1 amide bonds. The second kappa shape index (κ2) is 7.50. The lowest BCUT2D eigenvalue weighted by Crippen LogP contribution is -2.48. The Balaban J connectivity index is 1.65. The molecular formula is C19H18FN5OS. The molecule has 0 spiro atoms. The number of carbonyl (C=O) groups is 1. The minimum absolute atomic E-state index is 0.0945. The summed E-state index contributed by atoms with van der Waals surface area (Å²) in [5.41, 5.74) is 1.44. The average Bonchev–Trinajstić information content (AvgIpc) is 3.10. The van der Waals surface area contributed by atoms with E-state index in [0.29, 0.717) is 41.0 Å². The Morgan fingerprint density at radius 2 is 2.11 bits per heavy atom. The molecule has 1 saturated heterocycles.